The molecule has 2 aromatic heterocycles. The molecule has 3 rings (SSSR count). The number of hydrogen-bond donors (Lipinski definition) is 1. The van der Waals surface area contributed by atoms with Crippen LogP contribution in [0.4, 0.5) is 5.69 Å². The van der Waals surface area contributed by atoms with Crippen LogP contribution in [0.3, 0.4) is 0 Å². The number of anilines is 1. The monoisotopic (exact) mass is 306 g/mol. The molecule has 0 spiro atoms. The zero-order valence-corrected chi connectivity index (χ0v) is 13.1. The molecular formula is C18H18N4O. The van der Waals surface area contributed by atoms with Crippen molar-refractivity contribution >= 4 is 11.6 Å². The summed E-state index contributed by atoms with van der Waals surface area (Å²) in [5, 5.41) is 7.29. The predicted octanol–water partition coefficient (Wildman–Crippen LogP) is 3.78. The smallest absolute Gasteiger partial charge is 0.259 e. The highest BCUT2D eigenvalue weighted by Gasteiger charge is 2.20. The summed E-state index contributed by atoms with van der Waals surface area (Å²) in [7, 11) is 0. The number of carbonyl (C=O) groups excluding carboxylic acids is 1. The number of benzene rings is 1. The van der Waals surface area contributed by atoms with Crippen molar-refractivity contribution in [1.82, 2.24) is 14.8 Å². The van der Waals surface area contributed by atoms with Gasteiger partial charge in [0.15, 0.2) is 0 Å². The van der Waals surface area contributed by atoms with Crippen molar-refractivity contribution in [3.05, 3.63) is 66.6 Å². The summed E-state index contributed by atoms with van der Waals surface area (Å²) in [5.41, 5.74) is 3.06. The van der Waals surface area contributed by atoms with Gasteiger partial charge >= 0.3 is 0 Å². The fourth-order valence-corrected chi connectivity index (χ4v) is 2.44. The molecule has 1 amide bonds. The maximum Gasteiger partial charge on any atom is 0.259 e. The molecule has 116 valence electrons. The van der Waals surface area contributed by atoms with E-state index in [1.807, 2.05) is 48.9 Å². The zero-order chi connectivity index (χ0) is 16.2. The van der Waals surface area contributed by atoms with Crippen LogP contribution in [0.25, 0.3) is 11.3 Å². The maximum absolute atomic E-state index is 12.7. The Morgan fingerprint density at radius 2 is 1.78 bits per heavy atom. The second-order valence-corrected chi connectivity index (χ2v) is 5.50. The van der Waals surface area contributed by atoms with Crippen LogP contribution in [0.15, 0.2) is 61.1 Å². The van der Waals surface area contributed by atoms with E-state index in [0.29, 0.717) is 11.3 Å². The van der Waals surface area contributed by atoms with E-state index in [1.54, 1.807) is 30.7 Å². The predicted molar refractivity (Wildman–Crippen MR) is 90.2 cm³/mol. The molecule has 2 heterocycles. The molecule has 5 nitrogen and oxygen atoms in total. The van der Waals surface area contributed by atoms with Gasteiger partial charge in [-0.15, -0.1) is 0 Å². The van der Waals surface area contributed by atoms with E-state index in [4.69, 9.17) is 0 Å². The molecule has 0 unspecified atom stereocenters. The lowest BCUT2D eigenvalue weighted by Gasteiger charge is -2.13. The Balaban J connectivity index is 2.01. The van der Waals surface area contributed by atoms with Gasteiger partial charge in [0.2, 0.25) is 0 Å². The summed E-state index contributed by atoms with van der Waals surface area (Å²) in [6.07, 6.45) is 4.91. The van der Waals surface area contributed by atoms with E-state index in [2.05, 4.69) is 15.4 Å². The van der Waals surface area contributed by atoms with Crippen LogP contribution in [-0.4, -0.2) is 20.7 Å². The molecule has 0 bridgehead atoms. The number of aromatic nitrogens is 3. The molecule has 1 N–H and O–H groups in total. The average molecular weight is 306 g/mol. The van der Waals surface area contributed by atoms with Crippen molar-refractivity contribution in [2.45, 2.75) is 19.9 Å². The standard InChI is InChI=1S/C18H18N4O/c1-13(2)22-17(14-6-4-3-5-7-14)16(12-20-22)18(23)21-15-8-10-19-11-9-15/h3-13H,1-2H3,(H,19,21,23). The van der Waals surface area contributed by atoms with Crippen molar-refractivity contribution in [3.63, 3.8) is 0 Å². The fraction of sp³-hybridized carbons (Fsp3) is 0.167. The Bertz CT molecular complexity index is 794. The lowest BCUT2D eigenvalue weighted by atomic mass is 10.1. The van der Waals surface area contributed by atoms with E-state index < -0.39 is 0 Å². The zero-order valence-electron chi connectivity index (χ0n) is 13.1. The van der Waals surface area contributed by atoms with E-state index in [9.17, 15) is 4.79 Å². The third-order valence-electron chi connectivity index (χ3n) is 3.51. The number of amides is 1. The molecular weight excluding hydrogens is 288 g/mol. The van der Waals surface area contributed by atoms with E-state index in [-0.39, 0.29) is 11.9 Å². The second-order valence-electron chi connectivity index (χ2n) is 5.50. The minimum Gasteiger partial charge on any atom is -0.322 e. The molecule has 0 aliphatic heterocycles. The summed E-state index contributed by atoms with van der Waals surface area (Å²) in [4.78, 5) is 16.6. The van der Waals surface area contributed by atoms with Gasteiger partial charge in [-0.05, 0) is 26.0 Å². The van der Waals surface area contributed by atoms with Gasteiger partial charge in [-0.1, -0.05) is 30.3 Å². The van der Waals surface area contributed by atoms with Gasteiger partial charge in [-0.25, -0.2) is 0 Å². The molecule has 0 saturated heterocycles. The number of pyridine rings is 1. The number of rotatable bonds is 4. The molecule has 0 saturated carbocycles. The van der Waals surface area contributed by atoms with Crippen LogP contribution in [0, 0.1) is 0 Å². The summed E-state index contributed by atoms with van der Waals surface area (Å²) in [5.74, 6) is -0.179. The Labute approximate surface area is 135 Å². The van der Waals surface area contributed by atoms with Gasteiger partial charge < -0.3 is 5.32 Å². The van der Waals surface area contributed by atoms with Crippen LogP contribution in [-0.2, 0) is 0 Å². The molecule has 3 aromatic rings. The summed E-state index contributed by atoms with van der Waals surface area (Å²) >= 11 is 0. The molecule has 0 aliphatic rings. The Hall–Kier alpha value is -2.95. The van der Waals surface area contributed by atoms with Crippen molar-refractivity contribution < 1.29 is 4.79 Å². The van der Waals surface area contributed by atoms with Gasteiger partial charge in [0.25, 0.3) is 5.91 Å². The highest BCUT2D eigenvalue weighted by Crippen LogP contribution is 2.27. The van der Waals surface area contributed by atoms with Gasteiger partial charge in [-0.2, -0.15) is 5.10 Å². The number of carbonyl (C=O) groups is 1. The minimum atomic E-state index is -0.179. The third-order valence-corrected chi connectivity index (χ3v) is 3.51. The van der Waals surface area contributed by atoms with Gasteiger partial charge in [0.1, 0.15) is 0 Å². The van der Waals surface area contributed by atoms with Crippen LogP contribution >= 0.6 is 0 Å². The molecule has 0 fully saturated rings. The van der Waals surface area contributed by atoms with Gasteiger partial charge in [0.05, 0.1) is 17.5 Å². The lowest BCUT2D eigenvalue weighted by Crippen LogP contribution is -2.13. The van der Waals surface area contributed by atoms with Crippen LogP contribution in [0.5, 0.6) is 0 Å². The molecule has 0 radical (unpaired) electrons. The largest absolute Gasteiger partial charge is 0.322 e. The van der Waals surface area contributed by atoms with E-state index in [1.165, 1.54) is 0 Å². The van der Waals surface area contributed by atoms with Crippen LogP contribution in [0.2, 0.25) is 0 Å². The molecule has 23 heavy (non-hydrogen) atoms. The molecule has 0 aliphatic carbocycles. The minimum absolute atomic E-state index is 0.160. The number of hydrogen-bond acceptors (Lipinski definition) is 3. The van der Waals surface area contributed by atoms with Crippen molar-refractivity contribution in [3.8, 4) is 11.3 Å². The summed E-state index contributed by atoms with van der Waals surface area (Å²) in [6.45, 7) is 4.09. The first-order chi connectivity index (χ1) is 11.2. The first kappa shape index (κ1) is 15.0. The molecule has 1 aromatic carbocycles. The maximum atomic E-state index is 12.7. The first-order valence-electron chi connectivity index (χ1n) is 7.51. The second kappa shape index (κ2) is 6.44. The Morgan fingerprint density at radius 1 is 1.09 bits per heavy atom. The quantitative estimate of drug-likeness (QED) is 0.798. The van der Waals surface area contributed by atoms with Crippen LogP contribution < -0.4 is 5.32 Å². The van der Waals surface area contributed by atoms with Crippen molar-refractivity contribution in [2.75, 3.05) is 5.32 Å². The summed E-state index contributed by atoms with van der Waals surface area (Å²) < 4.78 is 1.87. The molecule has 5 heteroatoms. The van der Waals surface area contributed by atoms with Crippen molar-refractivity contribution in [1.29, 1.82) is 0 Å². The average Bonchev–Trinajstić information content (AvgIpc) is 3.02. The SMILES string of the molecule is CC(C)n1ncc(C(=O)Nc2ccncc2)c1-c1ccccc1. The van der Waals surface area contributed by atoms with E-state index in [0.717, 1.165) is 11.3 Å². The fourth-order valence-electron chi connectivity index (χ4n) is 2.44. The number of nitrogens with one attached hydrogen (secondary N) is 1. The molecule has 0 atom stereocenters. The van der Waals surface area contributed by atoms with E-state index >= 15 is 0 Å². The number of nitrogens with zero attached hydrogens (tertiary/aromatic N) is 3. The highest BCUT2D eigenvalue weighted by molar-refractivity contribution is 6.08. The topological polar surface area (TPSA) is 59.8 Å². The first-order valence-corrected chi connectivity index (χ1v) is 7.51. The normalized spacial score (nSPS) is 10.7. The van der Waals surface area contributed by atoms with Gasteiger partial charge in [0, 0.05) is 29.7 Å². The van der Waals surface area contributed by atoms with Gasteiger partial charge in [-0.3, -0.25) is 14.5 Å². The highest BCUT2D eigenvalue weighted by atomic mass is 16.1. The Morgan fingerprint density at radius 3 is 2.43 bits per heavy atom. The third kappa shape index (κ3) is 3.13. The van der Waals surface area contributed by atoms with Crippen LogP contribution in [0.1, 0.15) is 30.2 Å². The lowest BCUT2D eigenvalue weighted by molar-refractivity contribution is 0.102. The van der Waals surface area contributed by atoms with Crippen molar-refractivity contribution in [2.24, 2.45) is 0 Å². The summed E-state index contributed by atoms with van der Waals surface area (Å²) in [6, 6.07) is 13.5. The Kier molecular flexibility index (Phi) is 4.19.